The van der Waals surface area contributed by atoms with Crippen molar-refractivity contribution in [3.8, 4) is 0 Å². The van der Waals surface area contributed by atoms with E-state index in [0.29, 0.717) is 18.1 Å². The van der Waals surface area contributed by atoms with Crippen molar-refractivity contribution in [3.63, 3.8) is 0 Å². The number of halogens is 3. The van der Waals surface area contributed by atoms with Crippen molar-refractivity contribution in [2.24, 2.45) is 0 Å². The van der Waals surface area contributed by atoms with Gasteiger partial charge < -0.3 is 4.90 Å². The average molecular weight is 388 g/mol. The van der Waals surface area contributed by atoms with Crippen molar-refractivity contribution in [1.82, 2.24) is 4.31 Å². The second-order valence-electron chi connectivity index (χ2n) is 6.01. The van der Waals surface area contributed by atoms with Crippen molar-refractivity contribution >= 4 is 21.6 Å². The van der Waals surface area contributed by atoms with Crippen LogP contribution in [0.15, 0.2) is 47.4 Å². The molecule has 2 aromatic rings. The molecule has 0 amide bonds. The molecule has 0 bridgehead atoms. The first-order valence-corrected chi connectivity index (χ1v) is 9.72. The summed E-state index contributed by atoms with van der Waals surface area (Å²) in [7, 11) is -4.18. The lowest BCUT2D eigenvalue weighted by molar-refractivity contribution is -0.917. The molecule has 0 saturated carbocycles. The molecule has 1 N–H and O–H groups in total. The molecule has 0 atom stereocenters. The summed E-state index contributed by atoms with van der Waals surface area (Å²) in [4.78, 5) is 0.330. The van der Waals surface area contributed by atoms with Crippen LogP contribution < -0.4 is 4.90 Å². The van der Waals surface area contributed by atoms with Gasteiger partial charge in [0.15, 0.2) is 4.90 Å². The van der Waals surface area contributed by atoms with Gasteiger partial charge in [0, 0.05) is 10.6 Å². The van der Waals surface area contributed by atoms with Gasteiger partial charge in [0.05, 0.1) is 26.2 Å². The van der Waals surface area contributed by atoms with Crippen molar-refractivity contribution in [2.75, 3.05) is 26.2 Å². The molecule has 25 heavy (non-hydrogen) atoms. The van der Waals surface area contributed by atoms with Crippen LogP contribution in [0, 0.1) is 11.6 Å². The molecule has 0 spiro atoms. The van der Waals surface area contributed by atoms with Crippen LogP contribution in [-0.4, -0.2) is 38.9 Å². The Morgan fingerprint density at radius 2 is 1.64 bits per heavy atom. The Labute approximate surface area is 150 Å². The summed E-state index contributed by atoms with van der Waals surface area (Å²) in [5.74, 6) is -2.12. The molecule has 0 unspecified atom stereocenters. The molecular formula is C17H18ClF2N2O2S+. The number of hydrogen-bond acceptors (Lipinski definition) is 2. The first-order valence-electron chi connectivity index (χ1n) is 7.90. The summed E-state index contributed by atoms with van der Waals surface area (Å²) >= 11 is 5.98. The standard InChI is InChI=1S/C17H17ClF2N2O2S/c18-14-4-1-3-13(11-14)12-21-7-9-22(10-8-21)25(23,24)17-15(19)5-2-6-16(17)20/h1-6,11H,7-10,12H2/p+1. The molecule has 0 aromatic heterocycles. The second-order valence-corrected chi connectivity index (χ2v) is 8.32. The van der Waals surface area contributed by atoms with Crippen molar-refractivity contribution < 1.29 is 22.1 Å². The van der Waals surface area contributed by atoms with Crippen LogP contribution in [0.4, 0.5) is 8.78 Å². The largest absolute Gasteiger partial charge is 0.329 e. The fraction of sp³-hybridized carbons (Fsp3) is 0.294. The fourth-order valence-electron chi connectivity index (χ4n) is 3.01. The van der Waals surface area contributed by atoms with Gasteiger partial charge in [-0.15, -0.1) is 0 Å². The summed E-state index contributed by atoms with van der Waals surface area (Å²) in [5, 5.41) is 0.660. The highest BCUT2D eigenvalue weighted by Crippen LogP contribution is 2.22. The number of nitrogens with one attached hydrogen (secondary N) is 1. The maximum Gasteiger partial charge on any atom is 0.249 e. The minimum absolute atomic E-state index is 0.214. The molecule has 2 aromatic carbocycles. The van der Waals surface area contributed by atoms with E-state index in [1.54, 1.807) is 6.07 Å². The zero-order chi connectivity index (χ0) is 18.0. The van der Waals surface area contributed by atoms with Gasteiger partial charge in [-0.25, -0.2) is 17.2 Å². The molecule has 1 fully saturated rings. The summed E-state index contributed by atoms with van der Waals surface area (Å²) in [6.45, 7) is 2.27. The molecule has 4 nitrogen and oxygen atoms in total. The van der Waals surface area contributed by atoms with Gasteiger partial charge in [0.25, 0.3) is 0 Å². The van der Waals surface area contributed by atoms with Crippen LogP contribution in [-0.2, 0) is 16.6 Å². The molecule has 1 aliphatic rings. The normalized spacial score (nSPS) is 16.9. The highest BCUT2D eigenvalue weighted by Gasteiger charge is 2.34. The van der Waals surface area contributed by atoms with Gasteiger partial charge in [-0.1, -0.05) is 29.8 Å². The zero-order valence-corrected chi connectivity index (χ0v) is 15.0. The van der Waals surface area contributed by atoms with Gasteiger partial charge in [-0.3, -0.25) is 0 Å². The minimum atomic E-state index is -4.18. The predicted octanol–water partition coefficient (Wildman–Crippen LogP) is 1.71. The van der Waals surface area contributed by atoms with Gasteiger partial charge in [0.1, 0.15) is 18.2 Å². The van der Waals surface area contributed by atoms with Crippen LogP contribution >= 0.6 is 11.6 Å². The zero-order valence-electron chi connectivity index (χ0n) is 13.4. The first-order chi connectivity index (χ1) is 11.9. The monoisotopic (exact) mass is 387 g/mol. The fourth-order valence-corrected chi connectivity index (χ4v) is 4.78. The Morgan fingerprint density at radius 3 is 2.24 bits per heavy atom. The van der Waals surface area contributed by atoms with E-state index < -0.39 is 26.6 Å². The van der Waals surface area contributed by atoms with Gasteiger partial charge in [-0.05, 0) is 24.3 Å². The van der Waals surface area contributed by atoms with E-state index in [2.05, 4.69) is 0 Å². The van der Waals surface area contributed by atoms with Crippen LogP contribution in [0.3, 0.4) is 0 Å². The topological polar surface area (TPSA) is 41.8 Å². The lowest BCUT2D eigenvalue weighted by Crippen LogP contribution is -3.13. The third-order valence-corrected chi connectivity index (χ3v) is 6.48. The number of piperazine rings is 1. The summed E-state index contributed by atoms with van der Waals surface area (Å²) < 4.78 is 53.9. The molecule has 0 radical (unpaired) electrons. The van der Waals surface area contributed by atoms with E-state index in [0.717, 1.165) is 34.6 Å². The number of rotatable bonds is 4. The van der Waals surface area contributed by atoms with E-state index in [9.17, 15) is 17.2 Å². The molecule has 8 heteroatoms. The van der Waals surface area contributed by atoms with Crippen LogP contribution in [0.1, 0.15) is 5.56 Å². The van der Waals surface area contributed by atoms with Gasteiger partial charge in [-0.2, -0.15) is 4.31 Å². The third-order valence-electron chi connectivity index (χ3n) is 4.29. The number of sulfonamides is 1. The van der Waals surface area contributed by atoms with Crippen LogP contribution in [0.5, 0.6) is 0 Å². The van der Waals surface area contributed by atoms with Crippen molar-refractivity contribution in [2.45, 2.75) is 11.4 Å². The highest BCUT2D eigenvalue weighted by molar-refractivity contribution is 7.89. The Morgan fingerprint density at radius 1 is 1.04 bits per heavy atom. The Bertz CT molecular complexity index is 848. The van der Waals surface area contributed by atoms with Gasteiger partial charge >= 0.3 is 0 Å². The second kappa shape index (κ2) is 7.37. The number of nitrogens with zero attached hydrogens (tertiary/aromatic N) is 1. The lowest BCUT2D eigenvalue weighted by atomic mass is 10.2. The van der Waals surface area contributed by atoms with Crippen molar-refractivity contribution in [1.29, 1.82) is 0 Å². The number of benzene rings is 2. The number of hydrogen-bond donors (Lipinski definition) is 1. The average Bonchev–Trinajstić information content (AvgIpc) is 2.55. The third kappa shape index (κ3) is 4.00. The number of quaternary nitrogens is 1. The Hall–Kier alpha value is -1.54. The summed E-state index contributed by atoms with van der Waals surface area (Å²) in [5.41, 5.74) is 1.07. The molecule has 134 valence electrons. The molecule has 1 heterocycles. The van der Waals surface area contributed by atoms with Gasteiger partial charge in [0.2, 0.25) is 10.0 Å². The maximum absolute atomic E-state index is 13.8. The molecule has 1 saturated heterocycles. The smallest absolute Gasteiger partial charge is 0.249 e. The Kier molecular flexibility index (Phi) is 5.38. The highest BCUT2D eigenvalue weighted by atomic mass is 35.5. The van der Waals surface area contributed by atoms with E-state index in [-0.39, 0.29) is 13.1 Å². The van der Waals surface area contributed by atoms with Crippen LogP contribution in [0.25, 0.3) is 0 Å². The van der Waals surface area contributed by atoms with E-state index >= 15 is 0 Å². The maximum atomic E-state index is 13.8. The summed E-state index contributed by atoms with van der Waals surface area (Å²) in [6.07, 6.45) is 0. The van der Waals surface area contributed by atoms with E-state index in [1.807, 2.05) is 18.2 Å². The quantitative estimate of drug-likeness (QED) is 0.867. The molecule has 0 aliphatic carbocycles. The lowest BCUT2D eigenvalue weighted by Gasteiger charge is -2.31. The molecule has 1 aliphatic heterocycles. The molecular weight excluding hydrogens is 370 g/mol. The predicted molar refractivity (Wildman–Crippen MR) is 91.0 cm³/mol. The van der Waals surface area contributed by atoms with E-state index in [1.165, 1.54) is 4.90 Å². The Balaban J connectivity index is 1.69. The van der Waals surface area contributed by atoms with Crippen molar-refractivity contribution in [3.05, 3.63) is 64.7 Å². The summed E-state index contributed by atoms with van der Waals surface area (Å²) in [6, 6.07) is 10.6. The molecule has 3 rings (SSSR count). The SMILES string of the molecule is O=S(=O)(c1c(F)cccc1F)N1CC[NH+](Cc2cccc(Cl)c2)CC1. The first kappa shape index (κ1) is 18.3. The van der Waals surface area contributed by atoms with Crippen LogP contribution in [0.2, 0.25) is 5.02 Å². The minimum Gasteiger partial charge on any atom is -0.329 e. The van der Waals surface area contributed by atoms with E-state index in [4.69, 9.17) is 11.6 Å².